The number of rotatable bonds is 5. The molecule has 0 bridgehead atoms. The first kappa shape index (κ1) is 19.0. The van der Waals surface area contributed by atoms with E-state index in [1.54, 1.807) is 17.7 Å². The summed E-state index contributed by atoms with van der Waals surface area (Å²) in [6.45, 7) is 11.1. The van der Waals surface area contributed by atoms with Crippen LogP contribution in [0.2, 0.25) is 0 Å². The number of piperidine rings is 1. The minimum Gasteiger partial charge on any atom is -0.360 e. The molecule has 7 heteroatoms. The summed E-state index contributed by atoms with van der Waals surface area (Å²) in [7, 11) is 0. The fourth-order valence-electron chi connectivity index (χ4n) is 4.09. The van der Waals surface area contributed by atoms with Crippen LogP contribution in [-0.2, 0) is 11.2 Å². The molecule has 1 amide bonds. The molecule has 0 atom stereocenters. The number of fused-ring (bicyclic) bond motifs is 1. The number of amides is 1. The second-order valence-electron chi connectivity index (χ2n) is 8.43. The lowest BCUT2D eigenvalue weighted by molar-refractivity contribution is -0.120. The van der Waals surface area contributed by atoms with Gasteiger partial charge >= 0.3 is 0 Å². The van der Waals surface area contributed by atoms with Crippen LogP contribution in [-0.4, -0.2) is 39.5 Å². The van der Waals surface area contributed by atoms with Crippen molar-refractivity contribution in [3.05, 3.63) is 17.3 Å². The molecule has 1 fully saturated rings. The number of aryl methyl sites for hydroxylation is 1. The number of hydrogen-bond acceptors (Lipinski definition) is 6. The van der Waals surface area contributed by atoms with Crippen LogP contribution in [0, 0.1) is 0 Å². The third-order valence-corrected chi connectivity index (χ3v) is 5.89. The van der Waals surface area contributed by atoms with Crippen LogP contribution in [0.4, 0.5) is 5.82 Å². The summed E-state index contributed by atoms with van der Waals surface area (Å²) in [4.78, 5) is 23.3. The first-order valence-electron chi connectivity index (χ1n) is 9.23. The molecule has 3 rings (SSSR count). The molecule has 1 aliphatic rings. The second-order valence-corrected chi connectivity index (χ2v) is 9.54. The van der Waals surface area contributed by atoms with Crippen molar-refractivity contribution in [2.45, 2.75) is 71.0 Å². The summed E-state index contributed by atoms with van der Waals surface area (Å²) in [5, 5.41) is 11.0. The van der Waals surface area contributed by atoms with Crippen LogP contribution < -0.4 is 16.0 Å². The highest BCUT2D eigenvalue weighted by atomic mass is 32.1. The van der Waals surface area contributed by atoms with E-state index >= 15 is 0 Å². The van der Waals surface area contributed by atoms with E-state index in [2.05, 4.69) is 66.6 Å². The molecule has 3 heterocycles. The topological polar surface area (TPSA) is 78.9 Å². The van der Waals surface area contributed by atoms with Crippen LogP contribution in [0.25, 0.3) is 10.2 Å². The maximum Gasteiger partial charge on any atom is 0.239 e. The molecule has 1 aliphatic heterocycles. The highest BCUT2D eigenvalue weighted by Crippen LogP contribution is 2.29. The van der Waals surface area contributed by atoms with Gasteiger partial charge in [0.15, 0.2) is 0 Å². The number of hydrogen-bond donors (Lipinski definition) is 3. The van der Waals surface area contributed by atoms with Gasteiger partial charge in [0, 0.05) is 22.0 Å². The highest BCUT2D eigenvalue weighted by Gasteiger charge is 2.38. The molecule has 0 radical (unpaired) electrons. The summed E-state index contributed by atoms with van der Waals surface area (Å²) in [5.74, 6) is 0.730. The highest BCUT2D eigenvalue weighted by molar-refractivity contribution is 7.18. The summed E-state index contributed by atoms with van der Waals surface area (Å²) in [5.41, 5.74) is 0.0261. The Bertz CT molecular complexity index is 782. The van der Waals surface area contributed by atoms with Gasteiger partial charge in [0.25, 0.3) is 0 Å². The van der Waals surface area contributed by atoms with Crippen molar-refractivity contribution in [1.82, 2.24) is 20.6 Å². The number of carbonyl (C=O) groups is 1. The quantitative estimate of drug-likeness (QED) is 0.748. The third-order valence-electron chi connectivity index (χ3n) is 4.70. The Morgan fingerprint density at radius 2 is 1.96 bits per heavy atom. The number of carbonyl (C=O) groups excluding carboxylic acids is 1. The normalized spacial score (nSPS) is 19.4. The summed E-state index contributed by atoms with van der Waals surface area (Å²) in [6.07, 6.45) is 4.37. The van der Waals surface area contributed by atoms with Crippen molar-refractivity contribution in [2.75, 3.05) is 11.9 Å². The Hall–Kier alpha value is -1.73. The first-order chi connectivity index (χ1) is 12.2. The van der Waals surface area contributed by atoms with E-state index in [-0.39, 0.29) is 29.6 Å². The molecule has 2 aromatic rings. The van der Waals surface area contributed by atoms with Gasteiger partial charge in [-0.05, 0) is 53.0 Å². The minimum atomic E-state index is 0.00112. The molecule has 2 aromatic heterocycles. The molecule has 3 N–H and O–H groups in total. The largest absolute Gasteiger partial charge is 0.360 e. The minimum absolute atomic E-state index is 0.00112. The Balaban J connectivity index is 1.62. The average molecular weight is 376 g/mol. The lowest BCUT2D eigenvalue weighted by Crippen LogP contribution is -2.62. The van der Waals surface area contributed by atoms with Crippen LogP contribution in [0.5, 0.6) is 0 Å². The van der Waals surface area contributed by atoms with Gasteiger partial charge in [-0.15, -0.1) is 11.3 Å². The standard InChI is InChI=1S/C19H29N5OS/c1-6-13-7-14-16(21-11-22-17(14)26-13)20-10-15(25)23-12-8-18(2,3)24-19(4,5)9-12/h7,11-12,24H,6,8-10H2,1-5H3,(H,23,25)(H,20,21,22). The lowest BCUT2D eigenvalue weighted by Gasteiger charge is -2.46. The van der Waals surface area contributed by atoms with E-state index < -0.39 is 0 Å². The predicted octanol–water partition coefficient (Wildman–Crippen LogP) is 3.09. The van der Waals surface area contributed by atoms with Gasteiger partial charge in [-0.25, -0.2) is 9.97 Å². The van der Waals surface area contributed by atoms with Crippen molar-refractivity contribution in [3.63, 3.8) is 0 Å². The molecule has 142 valence electrons. The summed E-state index contributed by atoms with van der Waals surface area (Å²) >= 11 is 1.68. The molecule has 26 heavy (non-hydrogen) atoms. The Labute approximate surface area is 159 Å². The lowest BCUT2D eigenvalue weighted by atomic mass is 9.79. The molecule has 1 saturated heterocycles. The van der Waals surface area contributed by atoms with Gasteiger partial charge in [-0.2, -0.15) is 0 Å². The van der Waals surface area contributed by atoms with Gasteiger partial charge in [0.2, 0.25) is 5.91 Å². The van der Waals surface area contributed by atoms with Crippen LogP contribution in [0.3, 0.4) is 0 Å². The van der Waals surface area contributed by atoms with Crippen molar-refractivity contribution < 1.29 is 4.79 Å². The Morgan fingerprint density at radius 1 is 1.27 bits per heavy atom. The second kappa shape index (κ2) is 7.12. The van der Waals surface area contributed by atoms with E-state index in [1.807, 2.05) is 0 Å². The van der Waals surface area contributed by atoms with Gasteiger partial charge in [0.1, 0.15) is 17.0 Å². The average Bonchev–Trinajstić information content (AvgIpc) is 2.93. The van der Waals surface area contributed by atoms with Gasteiger partial charge in [-0.1, -0.05) is 6.92 Å². The van der Waals surface area contributed by atoms with E-state index in [0.717, 1.165) is 35.3 Å². The zero-order chi connectivity index (χ0) is 18.9. The first-order valence-corrected chi connectivity index (χ1v) is 10.0. The number of nitrogens with one attached hydrogen (secondary N) is 3. The molecule has 0 saturated carbocycles. The third kappa shape index (κ3) is 4.51. The molecule has 6 nitrogen and oxygen atoms in total. The van der Waals surface area contributed by atoms with Crippen molar-refractivity contribution in [1.29, 1.82) is 0 Å². The molecule has 0 aromatic carbocycles. The van der Waals surface area contributed by atoms with E-state index in [0.29, 0.717) is 0 Å². The zero-order valence-corrected chi connectivity index (χ0v) is 17.1. The molecular weight excluding hydrogens is 346 g/mol. The predicted molar refractivity (Wildman–Crippen MR) is 108 cm³/mol. The van der Waals surface area contributed by atoms with Crippen LogP contribution in [0.15, 0.2) is 12.4 Å². The summed E-state index contributed by atoms with van der Waals surface area (Å²) < 4.78 is 0. The molecular formula is C19H29N5OS. The number of thiophene rings is 1. The number of nitrogens with zero attached hydrogens (tertiary/aromatic N) is 2. The number of anilines is 1. The van der Waals surface area contributed by atoms with Crippen molar-refractivity contribution in [2.24, 2.45) is 0 Å². The summed E-state index contributed by atoms with van der Waals surface area (Å²) in [6, 6.07) is 2.28. The fraction of sp³-hybridized carbons (Fsp3) is 0.632. The maximum atomic E-state index is 12.5. The number of aromatic nitrogens is 2. The van der Waals surface area contributed by atoms with E-state index in [4.69, 9.17) is 0 Å². The van der Waals surface area contributed by atoms with E-state index in [9.17, 15) is 4.79 Å². The van der Waals surface area contributed by atoms with Crippen molar-refractivity contribution in [3.8, 4) is 0 Å². The maximum absolute atomic E-state index is 12.5. The fourth-order valence-corrected chi connectivity index (χ4v) is 5.02. The molecule has 0 aliphatic carbocycles. The van der Waals surface area contributed by atoms with E-state index in [1.165, 1.54) is 4.88 Å². The van der Waals surface area contributed by atoms with Crippen LogP contribution >= 0.6 is 11.3 Å². The van der Waals surface area contributed by atoms with Crippen molar-refractivity contribution >= 4 is 33.3 Å². The molecule has 0 spiro atoms. The zero-order valence-electron chi connectivity index (χ0n) is 16.3. The van der Waals surface area contributed by atoms with Gasteiger partial charge < -0.3 is 16.0 Å². The Morgan fingerprint density at radius 3 is 2.62 bits per heavy atom. The van der Waals surface area contributed by atoms with Crippen LogP contribution in [0.1, 0.15) is 52.3 Å². The Kier molecular flexibility index (Phi) is 5.21. The SMILES string of the molecule is CCc1cc2c(NCC(=O)NC3CC(C)(C)NC(C)(C)C3)ncnc2s1. The van der Waals surface area contributed by atoms with Gasteiger partial charge in [0.05, 0.1) is 11.9 Å². The van der Waals surface area contributed by atoms with Gasteiger partial charge in [-0.3, -0.25) is 4.79 Å². The monoisotopic (exact) mass is 375 g/mol. The molecule has 0 unspecified atom stereocenters. The smallest absolute Gasteiger partial charge is 0.239 e.